The van der Waals surface area contributed by atoms with Gasteiger partial charge in [-0.15, -0.1) is 0 Å². The smallest absolute Gasteiger partial charge is 0.235 e. The molecule has 0 aromatic carbocycles. The number of nitrogens with zero attached hydrogens (tertiary/aromatic N) is 1. The fourth-order valence-corrected chi connectivity index (χ4v) is 2.22. The van der Waals surface area contributed by atoms with Gasteiger partial charge in [-0.05, 0) is 32.1 Å². The van der Waals surface area contributed by atoms with Crippen molar-refractivity contribution in [2.24, 2.45) is 17.1 Å². The Labute approximate surface area is 103 Å². The summed E-state index contributed by atoms with van der Waals surface area (Å²) >= 11 is 5.03. The van der Waals surface area contributed by atoms with Gasteiger partial charge in [-0.3, -0.25) is 4.79 Å². The Hall–Kier alpha value is -0.640. The van der Waals surface area contributed by atoms with Gasteiger partial charge < -0.3 is 10.6 Å². The summed E-state index contributed by atoms with van der Waals surface area (Å²) in [4.78, 5) is 14.6. The number of likely N-dealkylation sites (tertiary alicyclic amines) is 1. The molecule has 4 heteroatoms. The van der Waals surface area contributed by atoms with Gasteiger partial charge in [0.25, 0.3) is 0 Å². The Morgan fingerprint density at radius 1 is 1.50 bits per heavy atom. The van der Waals surface area contributed by atoms with Crippen molar-refractivity contribution in [3.63, 3.8) is 0 Å². The molecule has 1 unspecified atom stereocenters. The van der Waals surface area contributed by atoms with Crippen LogP contribution in [0.15, 0.2) is 0 Å². The first-order chi connectivity index (χ1) is 7.41. The molecule has 92 valence electrons. The number of carbonyl (C=O) groups is 1. The number of carbonyl (C=O) groups excluding carboxylic acids is 1. The second kappa shape index (κ2) is 5.13. The van der Waals surface area contributed by atoms with Crippen LogP contribution < -0.4 is 5.73 Å². The van der Waals surface area contributed by atoms with E-state index in [2.05, 4.69) is 6.92 Å². The summed E-state index contributed by atoms with van der Waals surface area (Å²) in [5.74, 6) is 0.830. The van der Waals surface area contributed by atoms with Crippen LogP contribution in [0.1, 0.15) is 40.0 Å². The molecule has 0 radical (unpaired) electrons. The molecule has 1 atom stereocenters. The molecule has 1 fully saturated rings. The van der Waals surface area contributed by atoms with Gasteiger partial charge in [-0.25, -0.2) is 0 Å². The van der Waals surface area contributed by atoms with Crippen LogP contribution in [0, 0.1) is 11.3 Å². The minimum Gasteiger partial charge on any atom is -0.392 e. The third-order valence-electron chi connectivity index (χ3n) is 3.79. The molecule has 0 spiro atoms. The van der Waals surface area contributed by atoms with E-state index in [4.69, 9.17) is 18.0 Å². The third kappa shape index (κ3) is 2.54. The highest BCUT2D eigenvalue weighted by atomic mass is 32.1. The Bertz CT molecular complexity index is 285. The fourth-order valence-electron chi connectivity index (χ4n) is 1.99. The number of piperidine rings is 1. The van der Waals surface area contributed by atoms with E-state index in [0.717, 1.165) is 31.8 Å². The van der Waals surface area contributed by atoms with E-state index in [9.17, 15) is 4.79 Å². The summed E-state index contributed by atoms with van der Waals surface area (Å²) in [5, 5.41) is 0. The molecule has 16 heavy (non-hydrogen) atoms. The molecule has 0 saturated carbocycles. The molecule has 1 rings (SSSR count). The number of amides is 1. The zero-order valence-corrected chi connectivity index (χ0v) is 11.3. The number of thiocarbonyl (C=S) groups is 1. The Balaban J connectivity index is 2.73. The van der Waals surface area contributed by atoms with Crippen LogP contribution >= 0.6 is 12.2 Å². The van der Waals surface area contributed by atoms with Crippen molar-refractivity contribution >= 4 is 23.1 Å². The molecule has 1 saturated heterocycles. The highest BCUT2D eigenvalue weighted by Gasteiger charge is 2.38. The summed E-state index contributed by atoms with van der Waals surface area (Å²) in [6.07, 6.45) is 2.85. The molecular weight excluding hydrogens is 220 g/mol. The molecule has 0 aliphatic carbocycles. The highest BCUT2D eigenvalue weighted by Crippen LogP contribution is 2.27. The van der Waals surface area contributed by atoms with Crippen LogP contribution in [0.2, 0.25) is 0 Å². The Morgan fingerprint density at radius 3 is 2.38 bits per heavy atom. The number of hydrogen-bond acceptors (Lipinski definition) is 2. The van der Waals surface area contributed by atoms with Crippen molar-refractivity contribution in [3.05, 3.63) is 0 Å². The number of nitrogens with two attached hydrogens (primary N) is 1. The minimum atomic E-state index is -0.657. The van der Waals surface area contributed by atoms with Gasteiger partial charge in [0.05, 0.1) is 10.4 Å². The molecule has 1 amide bonds. The number of hydrogen-bond donors (Lipinski definition) is 1. The molecule has 2 N–H and O–H groups in total. The van der Waals surface area contributed by atoms with Gasteiger partial charge in [-0.2, -0.15) is 0 Å². The van der Waals surface area contributed by atoms with E-state index in [1.807, 2.05) is 18.7 Å². The second-order valence-electron chi connectivity index (χ2n) is 5.02. The van der Waals surface area contributed by atoms with Crippen LogP contribution in [0.3, 0.4) is 0 Å². The van der Waals surface area contributed by atoms with Gasteiger partial charge in [-0.1, -0.05) is 26.1 Å². The Morgan fingerprint density at radius 2 is 2.00 bits per heavy atom. The van der Waals surface area contributed by atoms with Crippen molar-refractivity contribution in [3.8, 4) is 0 Å². The van der Waals surface area contributed by atoms with Crippen LogP contribution in [0.25, 0.3) is 0 Å². The summed E-state index contributed by atoms with van der Waals surface area (Å²) in [6.45, 7) is 7.74. The molecule has 3 nitrogen and oxygen atoms in total. The molecular formula is C12H22N2OS. The first-order valence-corrected chi connectivity index (χ1v) is 6.42. The van der Waals surface area contributed by atoms with E-state index >= 15 is 0 Å². The average molecular weight is 242 g/mol. The van der Waals surface area contributed by atoms with Gasteiger partial charge in [0.15, 0.2) is 0 Å². The zero-order chi connectivity index (χ0) is 12.3. The van der Waals surface area contributed by atoms with Crippen LogP contribution in [0.4, 0.5) is 0 Å². The van der Waals surface area contributed by atoms with Crippen molar-refractivity contribution < 1.29 is 4.79 Å². The lowest BCUT2D eigenvalue weighted by Gasteiger charge is -2.37. The third-order valence-corrected chi connectivity index (χ3v) is 4.24. The second-order valence-corrected chi connectivity index (χ2v) is 5.46. The Kier molecular flexibility index (Phi) is 4.30. The van der Waals surface area contributed by atoms with Crippen LogP contribution in [-0.4, -0.2) is 28.9 Å². The standard InChI is InChI=1S/C12H22N2OS/c1-4-12(3,10(13)16)11(15)14-7-5-9(2)6-8-14/h9H,4-8H2,1-3H3,(H2,13,16). The lowest BCUT2D eigenvalue weighted by atomic mass is 9.84. The average Bonchev–Trinajstić information content (AvgIpc) is 2.27. The largest absolute Gasteiger partial charge is 0.392 e. The molecule has 0 aromatic heterocycles. The van der Waals surface area contributed by atoms with Gasteiger partial charge >= 0.3 is 0 Å². The molecule has 0 bridgehead atoms. The summed E-state index contributed by atoms with van der Waals surface area (Å²) in [7, 11) is 0. The summed E-state index contributed by atoms with van der Waals surface area (Å²) < 4.78 is 0. The van der Waals surface area contributed by atoms with Gasteiger partial charge in [0.1, 0.15) is 0 Å². The fraction of sp³-hybridized carbons (Fsp3) is 0.833. The minimum absolute atomic E-state index is 0.106. The monoisotopic (exact) mass is 242 g/mol. The highest BCUT2D eigenvalue weighted by molar-refractivity contribution is 7.80. The van der Waals surface area contributed by atoms with E-state index in [0.29, 0.717) is 11.4 Å². The van der Waals surface area contributed by atoms with Crippen molar-refractivity contribution in [1.82, 2.24) is 4.90 Å². The lowest BCUT2D eigenvalue weighted by molar-refractivity contribution is -0.139. The van der Waals surface area contributed by atoms with Crippen LogP contribution in [0.5, 0.6) is 0 Å². The number of rotatable bonds is 3. The maximum atomic E-state index is 12.4. The lowest BCUT2D eigenvalue weighted by Crippen LogP contribution is -2.50. The van der Waals surface area contributed by atoms with Crippen molar-refractivity contribution in [2.45, 2.75) is 40.0 Å². The quantitative estimate of drug-likeness (QED) is 0.769. The first-order valence-electron chi connectivity index (χ1n) is 6.01. The first kappa shape index (κ1) is 13.4. The van der Waals surface area contributed by atoms with Crippen molar-refractivity contribution in [2.75, 3.05) is 13.1 Å². The van der Waals surface area contributed by atoms with Crippen molar-refractivity contribution in [1.29, 1.82) is 0 Å². The van der Waals surface area contributed by atoms with Crippen LogP contribution in [-0.2, 0) is 4.79 Å². The van der Waals surface area contributed by atoms with E-state index in [1.54, 1.807) is 0 Å². The maximum absolute atomic E-state index is 12.4. The van der Waals surface area contributed by atoms with E-state index < -0.39 is 5.41 Å². The summed E-state index contributed by atoms with van der Waals surface area (Å²) in [5.41, 5.74) is 5.04. The normalized spacial score (nSPS) is 21.6. The predicted octanol–water partition coefficient (Wildman–Crippen LogP) is 1.95. The topological polar surface area (TPSA) is 46.3 Å². The zero-order valence-electron chi connectivity index (χ0n) is 10.5. The predicted molar refractivity (Wildman–Crippen MR) is 70.2 cm³/mol. The maximum Gasteiger partial charge on any atom is 0.235 e. The summed E-state index contributed by atoms with van der Waals surface area (Å²) in [6, 6.07) is 0. The van der Waals surface area contributed by atoms with E-state index in [-0.39, 0.29) is 5.91 Å². The molecule has 1 heterocycles. The van der Waals surface area contributed by atoms with Gasteiger partial charge in [0.2, 0.25) is 5.91 Å². The van der Waals surface area contributed by atoms with E-state index in [1.165, 1.54) is 0 Å². The van der Waals surface area contributed by atoms with Gasteiger partial charge in [0, 0.05) is 13.1 Å². The molecule has 0 aromatic rings. The SMILES string of the molecule is CCC(C)(C(=O)N1CCC(C)CC1)C(N)=S. The molecule has 1 aliphatic heterocycles. The molecule has 1 aliphatic rings.